The lowest BCUT2D eigenvalue weighted by molar-refractivity contribution is 0.438. The summed E-state index contributed by atoms with van der Waals surface area (Å²) in [4.78, 5) is 13.4. The van der Waals surface area contributed by atoms with E-state index in [-0.39, 0.29) is 49.9 Å². The highest BCUT2D eigenvalue weighted by molar-refractivity contribution is 7.92. The Morgan fingerprint density at radius 3 is 2.23 bits per heavy atom. The van der Waals surface area contributed by atoms with Crippen molar-refractivity contribution in [3.63, 3.8) is 0 Å². The second-order valence-electron chi connectivity index (χ2n) is 11.4. The summed E-state index contributed by atoms with van der Waals surface area (Å²) >= 11 is 0. The monoisotopic (exact) mass is 687 g/mol. The van der Waals surface area contributed by atoms with Crippen LogP contribution in [0.3, 0.4) is 0 Å². The summed E-state index contributed by atoms with van der Waals surface area (Å²) in [6.07, 6.45) is 3.21. The number of fused-ring (bicyclic) bond motifs is 2. The highest BCUT2D eigenvalue weighted by Gasteiger charge is 2.32. The number of aromatic nitrogens is 2. The van der Waals surface area contributed by atoms with E-state index in [9.17, 15) is 30.4 Å². The molecule has 9 nitrogen and oxygen atoms in total. The minimum absolute atomic E-state index is 0.0182. The van der Waals surface area contributed by atoms with E-state index in [1.165, 1.54) is 64.7 Å². The van der Waals surface area contributed by atoms with Crippen LogP contribution in [0.15, 0.2) is 118 Å². The predicted molar refractivity (Wildman–Crippen MR) is 177 cm³/mol. The minimum atomic E-state index is -4.23. The zero-order valence-corrected chi connectivity index (χ0v) is 27.2. The fourth-order valence-corrected chi connectivity index (χ4v) is 8.77. The van der Waals surface area contributed by atoms with E-state index in [0.29, 0.717) is 18.2 Å². The maximum atomic E-state index is 14.8. The Hall–Kier alpha value is -5.27. The molecule has 48 heavy (non-hydrogen) atoms. The second-order valence-corrected chi connectivity index (χ2v) is 15.1. The van der Waals surface area contributed by atoms with E-state index in [0.717, 1.165) is 27.2 Å². The third kappa shape index (κ3) is 5.15. The molecule has 0 N–H and O–H groups in total. The summed E-state index contributed by atoms with van der Waals surface area (Å²) in [5.74, 6) is -2.16. The van der Waals surface area contributed by atoms with E-state index in [1.54, 1.807) is 24.3 Å². The first kappa shape index (κ1) is 31.3. The summed E-state index contributed by atoms with van der Waals surface area (Å²) in [6.45, 7) is 2.04. The number of anilines is 1. The zero-order chi connectivity index (χ0) is 34.0. The highest BCUT2D eigenvalue weighted by atomic mass is 32.2. The lowest BCUT2D eigenvalue weighted by atomic mass is 10.0. The fraction of sp³-hybridized carbons (Fsp3) is 0.114. The molecule has 6 aromatic rings. The number of hydrogen-bond donors (Lipinski definition) is 0. The molecule has 0 bridgehead atoms. The molecule has 2 aromatic heterocycles. The molecular weight excluding hydrogens is 661 g/mol. The van der Waals surface area contributed by atoms with Crippen LogP contribution in [0.2, 0.25) is 0 Å². The first-order valence-corrected chi connectivity index (χ1v) is 17.7. The third-order valence-corrected chi connectivity index (χ3v) is 11.9. The standard InChI is InChI=1S/C35H27F2N3O6S2/c1-22-7-10-25(11-8-22)47(42,43)40-18-16-27-29(21-38(2)35(41)34(27)40)28-20-26(12-14-32(28)46-33-13-9-24(36)19-30(33)37)48(44,45)39-17-15-23-5-3-4-6-31(23)39/h3-14,16,18-21H,15,17H2,1-2H3. The average molecular weight is 688 g/mol. The number of para-hydroxylation sites is 1. The van der Waals surface area contributed by atoms with Gasteiger partial charge in [-0.05, 0) is 73.5 Å². The van der Waals surface area contributed by atoms with Crippen LogP contribution >= 0.6 is 0 Å². The number of aryl methyl sites for hydroxylation is 2. The molecule has 0 saturated heterocycles. The lowest BCUT2D eigenvalue weighted by Gasteiger charge is -2.21. The molecule has 0 amide bonds. The van der Waals surface area contributed by atoms with Crippen molar-refractivity contribution in [2.75, 3.05) is 10.8 Å². The topological polar surface area (TPSA) is 108 Å². The summed E-state index contributed by atoms with van der Waals surface area (Å²) < 4.78 is 93.5. The van der Waals surface area contributed by atoms with Crippen LogP contribution in [-0.4, -0.2) is 31.9 Å². The maximum Gasteiger partial charge on any atom is 0.275 e. The molecular formula is C35H27F2N3O6S2. The molecule has 244 valence electrons. The van der Waals surface area contributed by atoms with Crippen molar-refractivity contribution >= 4 is 36.6 Å². The molecule has 3 heterocycles. The van der Waals surface area contributed by atoms with Crippen LogP contribution in [0.1, 0.15) is 11.1 Å². The fourth-order valence-electron chi connectivity index (χ4n) is 5.90. The molecule has 0 radical (unpaired) electrons. The van der Waals surface area contributed by atoms with Gasteiger partial charge in [-0.2, -0.15) is 0 Å². The molecule has 0 spiro atoms. The Morgan fingerprint density at radius 1 is 0.771 bits per heavy atom. The Balaban J connectivity index is 1.45. The van der Waals surface area contributed by atoms with Gasteiger partial charge in [0.15, 0.2) is 11.6 Å². The quantitative estimate of drug-likeness (QED) is 0.193. The van der Waals surface area contributed by atoms with Gasteiger partial charge in [-0.15, -0.1) is 0 Å². The number of ether oxygens (including phenoxy) is 1. The summed E-state index contributed by atoms with van der Waals surface area (Å²) in [5.41, 5.74) is 1.83. The highest BCUT2D eigenvalue weighted by Crippen LogP contribution is 2.41. The number of rotatable bonds is 7. The van der Waals surface area contributed by atoms with Gasteiger partial charge < -0.3 is 9.30 Å². The zero-order valence-electron chi connectivity index (χ0n) is 25.6. The van der Waals surface area contributed by atoms with E-state index < -0.39 is 37.2 Å². The van der Waals surface area contributed by atoms with Crippen molar-refractivity contribution in [1.29, 1.82) is 0 Å². The number of hydrogen-bond acceptors (Lipinski definition) is 6. The minimum Gasteiger partial charge on any atom is -0.454 e. The van der Waals surface area contributed by atoms with Gasteiger partial charge in [0.2, 0.25) is 0 Å². The van der Waals surface area contributed by atoms with Crippen LogP contribution in [0.5, 0.6) is 11.5 Å². The number of nitrogens with zero attached hydrogens (tertiary/aromatic N) is 3. The smallest absolute Gasteiger partial charge is 0.275 e. The Kier molecular flexibility index (Phi) is 7.48. The molecule has 0 saturated carbocycles. The van der Waals surface area contributed by atoms with Crippen LogP contribution < -0.4 is 14.6 Å². The van der Waals surface area contributed by atoms with E-state index >= 15 is 0 Å². The van der Waals surface area contributed by atoms with Crippen LogP contribution in [0, 0.1) is 18.6 Å². The first-order valence-electron chi connectivity index (χ1n) is 14.8. The molecule has 4 aromatic carbocycles. The largest absolute Gasteiger partial charge is 0.454 e. The molecule has 1 aliphatic heterocycles. The van der Waals surface area contributed by atoms with Crippen LogP contribution in [-0.2, 0) is 33.5 Å². The average Bonchev–Trinajstić information content (AvgIpc) is 3.71. The van der Waals surface area contributed by atoms with Crippen molar-refractivity contribution in [1.82, 2.24) is 8.54 Å². The number of pyridine rings is 1. The van der Waals surface area contributed by atoms with E-state index in [1.807, 2.05) is 19.1 Å². The SMILES string of the molecule is Cc1ccc(S(=O)(=O)n2ccc3c(-c4cc(S(=O)(=O)N5CCc6ccccc65)ccc4Oc4ccc(F)cc4F)cn(C)c(=O)c32)cc1. The van der Waals surface area contributed by atoms with E-state index in [4.69, 9.17) is 4.74 Å². The van der Waals surface area contributed by atoms with Gasteiger partial charge in [0.25, 0.3) is 25.6 Å². The van der Waals surface area contributed by atoms with Crippen molar-refractivity contribution in [2.24, 2.45) is 7.05 Å². The molecule has 0 fully saturated rings. The van der Waals surface area contributed by atoms with Crippen molar-refractivity contribution in [2.45, 2.75) is 23.1 Å². The van der Waals surface area contributed by atoms with E-state index in [2.05, 4.69) is 0 Å². The predicted octanol–water partition coefficient (Wildman–Crippen LogP) is 6.37. The number of benzene rings is 4. The van der Waals surface area contributed by atoms with Crippen molar-refractivity contribution in [3.8, 4) is 22.6 Å². The first-order chi connectivity index (χ1) is 22.9. The van der Waals surface area contributed by atoms with Gasteiger partial charge in [0.05, 0.1) is 15.5 Å². The van der Waals surface area contributed by atoms with Gasteiger partial charge in [-0.25, -0.2) is 29.6 Å². The molecule has 7 rings (SSSR count). The molecule has 13 heteroatoms. The summed E-state index contributed by atoms with van der Waals surface area (Å²) in [5, 5.41) is 0.180. The number of sulfonamides is 1. The van der Waals surface area contributed by atoms with Gasteiger partial charge in [-0.3, -0.25) is 9.10 Å². The van der Waals surface area contributed by atoms with Gasteiger partial charge in [-0.1, -0.05) is 35.9 Å². The normalized spacial score (nSPS) is 13.2. The maximum absolute atomic E-state index is 14.8. The molecule has 0 unspecified atom stereocenters. The van der Waals surface area contributed by atoms with Crippen LogP contribution in [0.25, 0.3) is 22.0 Å². The summed E-state index contributed by atoms with van der Waals surface area (Å²) in [7, 11) is -6.93. The number of halogens is 2. The van der Waals surface area contributed by atoms with Crippen molar-refractivity contribution < 1.29 is 30.4 Å². The van der Waals surface area contributed by atoms with Gasteiger partial charge in [0, 0.05) is 48.6 Å². The second kappa shape index (κ2) is 11.5. The lowest BCUT2D eigenvalue weighted by Crippen LogP contribution is -2.29. The Bertz CT molecular complexity index is 2540. The summed E-state index contributed by atoms with van der Waals surface area (Å²) in [6, 6.07) is 21.6. The molecule has 0 aliphatic carbocycles. The molecule has 1 aliphatic rings. The Labute approximate surface area is 275 Å². The Morgan fingerprint density at radius 2 is 1.48 bits per heavy atom. The van der Waals surface area contributed by atoms with Gasteiger partial charge in [0.1, 0.15) is 17.1 Å². The van der Waals surface area contributed by atoms with Crippen LogP contribution in [0.4, 0.5) is 14.5 Å². The third-order valence-electron chi connectivity index (χ3n) is 8.35. The van der Waals surface area contributed by atoms with Gasteiger partial charge >= 0.3 is 0 Å². The van der Waals surface area contributed by atoms with Crippen molar-refractivity contribution in [3.05, 3.63) is 137 Å². The molecule has 0 atom stereocenters.